The predicted molar refractivity (Wildman–Crippen MR) is 70.4 cm³/mol. The maximum Gasteiger partial charge on any atom is 0.253 e. The van der Waals surface area contributed by atoms with E-state index >= 15 is 0 Å². The Morgan fingerprint density at radius 3 is 3.00 bits per heavy atom. The molecule has 7 heteroatoms. The van der Waals surface area contributed by atoms with Crippen molar-refractivity contribution in [2.45, 2.75) is 32.9 Å². The van der Waals surface area contributed by atoms with E-state index in [0.717, 1.165) is 25.2 Å². The third-order valence-electron chi connectivity index (χ3n) is 2.78. The molecule has 2 rings (SSSR count). The van der Waals surface area contributed by atoms with Crippen LogP contribution in [0.5, 0.6) is 0 Å². The number of carbonyl (C=O) groups is 1. The highest BCUT2D eigenvalue weighted by molar-refractivity contribution is 5.94. The molecule has 0 spiro atoms. The van der Waals surface area contributed by atoms with Crippen LogP contribution in [0.3, 0.4) is 0 Å². The van der Waals surface area contributed by atoms with Crippen molar-refractivity contribution in [2.75, 3.05) is 0 Å². The quantitative estimate of drug-likeness (QED) is 0.903. The molecule has 1 N–H and O–H groups in total. The second-order valence-corrected chi connectivity index (χ2v) is 4.43. The minimum absolute atomic E-state index is 0.179. The molecule has 106 valence electrons. The highest BCUT2D eigenvalue weighted by Crippen LogP contribution is 2.10. The van der Waals surface area contributed by atoms with Crippen LogP contribution in [0.15, 0.2) is 24.8 Å². The maximum absolute atomic E-state index is 13.0. The first-order valence-electron chi connectivity index (χ1n) is 6.41. The largest absolute Gasteiger partial charge is 0.342 e. The molecule has 2 aromatic rings. The van der Waals surface area contributed by atoms with Crippen LogP contribution in [-0.2, 0) is 6.54 Å². The fraction of sp³-hybridized carbons (Fsp3) is 0.385. The van der Waals surface area contributed by atoms with Gasteiger partial charge >= 0.3 is 0 Å². The van der Waals surface area contributed by atoms with E-state index in [1.54, 1.807) is 11.6 Å². The van der Waals surface area contributed by atoms with Gasteiger partial charge in [-0.25, -0.2) is 14.1 Å². The van der Waals surface area contributed by atoms with Crippen LogP contribution in [0.25, 0.3) is 0 Å². The zero-order valence-electron chi connectivity index (χ0n) is 11.4. The zero-order chi connectivity index (χ0) is 14.5. The minimum atomic E-state index is -0.542. The molecule has 0 radical (unpaired) electrons. The van der Waals surface area contributed by atoms with Gasteiger partial charge in [-0.05, 0) is 19.4 Å². The summed E-state index contributed by atoms with van der Waals surface area (Å²) in [6.45, 7) is 4.57. The summed E-state index contributed by atoms with van der Waals surface area (Å²) in [5, 5.41) is 6.86. The first kappa shape index (κ1) is 14.1. The van der Waals surface area contributed by atoms with Gasteiger partial charge in [0.25, 0.3) is 5.91 Å². The summed E-state index contributed by atoms with van der Waals surface area (Å²) >= 11 is 0. The van der Waals surface area contributed by atoms with Gasteiger partial charge in [-0.15, -0.1) is 0 Å². The molecule has 6 nitrogen and oxygen atoms in total. The van der Waals surface area contributed by atoms with Crippen molar-refractivity contribution in [1.29, 1.82) is 0 Å². The van der Waals surface area contributed by atoms with Gasteiger partial charge in [-0.2, -0.15) is 5.10 Å². The molecule has 1 atom stereocenters. The molecule has 2 heterocycles. The van der Waals surface area contributed by atoms with Crippen LogP contribution in [0, 0.1) is 5.82 Å². The molecule has 0 saturated carbocycles. The summed E-state index contributed by atoms with van der Waals surface area (Å²) in [5.41, 5.74) is 0.179. The molecule has 0 fully saturated rings. The average Bonchev–Trinajstić information content (AvgIpc) is 2.87. The number of aryl methyl sites for hydroxylation is 1. The van der Waals surface area contributed by atoms with Crippen molar-refractivity contribution in [2.24, 2.45) is 0 Å². The summed E-state index contributed by atoms with van der Waals surface area (Å²) in [7, 11) is 0. The van der Waals surface area contributed by atoms with Crippen LogP contribution in [0.4, 0.5) is 4.39 Å². The molecule has 1 amide bonds. The zero-order valence-corrected chi connectivity index (χ0v) is 11.4. The predicted octanol–water partition coefficient (Wildman–Crippen LogP) is 1.71. The van der Waals surface area contributed by atoms with Crippen molar-refractivity contribution in [1.82, 2.24) is 25.1 Å². The van der Waals surface area contributed by atoms with Crippen LogP contribution < -0.4 is 5.32 Å². The number of nitrogens with zero attached hydrogens (tertiary/aromatic N) is 4. The molecule has 0 aliphatic heterocycles. The van der Waals surface area contributed by atoms with Crippen LogP contribution in [-0.4, -0.2) is 25.7 Å². The first-order chi connectivity index (χ1) is 9.61. The fourth-order valence-electron chi connectivity index (χ4n) is 1.87. The number of aromatic nitrogens is 4. The number of rotatable bonds is 5. The van der Waals surface area contributed by atoms with E-state index < -0.39 is 11.7 Å². The lowest BCUT2D eigenvalue weighted by atomic mass is 10.2. The molecule has 0 unspecified atom stereocenters. The van der Waals surface area contributed by atoms with E-state index in [2.05, 4.69) is 20.4 Å². The van der Waals surface area contributed by atoms with Crippen LogP contribution in [0.1, 0.15) is 42.5 Å². The van der Waals surface area contributed by atoms with Gasteiger partial charge < -0.3 is 5.32 Å². The minimum Gasteiger partial charge on any atom is -0.342 e. The Morgan fingerprint density at radius 1 is 1.50 bits per heavy atom. The van der Waals surface area contributed by atoms with Crippen molar-refractivity contribution >= 4 is 5.91 Å². The van der Waals surface area contributed by atoms with Gasteiger partial charge in [0, 0.05) is 12.7 Å². The lowest BCUT2D eigenvalue weighted by Crippen LogP contribution is -2.29. The fourth-order valence-corrected chi connectivity index (χ4v) is 1.87. The summed E-state index contributed by atoms with van der Waals surface area (Å²) in [4.78, 5) is 19.8. The van der Waals surface area contributed by atoms with Gasteiger partial charge in [0.15, 0.2) is 0 Å². The Morgan fingerprint density at radius 2 is 2.30 bits per heavy atom. The number of pyridine rings is 1. The van der Waals surface area contributed by atoms with Crippen LogP contribution in [0.2, 0.25) is 0 Å². The Kier molecular flexibility index (Phi) is 4.39. The SMILES string of the molecule is CCCn1ncnc1[C@H](C)NC(=O)c1cncc(F)c1. The summed E-state index contributed by atoms with van der Waals surface area (Å²) in [5.74, 6) is -0.264. The van der Waals surface area contributed by atoms with Crippen molar-refractivity contribution in [3.8, 4) is 0 Å². The van der Waals surface area contributed by atoms with Gasteiger partial charge in [0.1, 0.15) is 18.0 Å². The Bertz CT molecular complexity index is 598. The maximum atomic E-state index is 13.0. The Balaban J connectivity index is 2.09. The second-order valence-electron chi connectivity index (χ2n) is 4.43. The van der Waals surface area contributed by atoms with E-state index in [4.69, 9.17) is 0 Å². The highest BCUT2D eigenvalue weighted by Gasteiger charge is 2.16. The Labute approximate surface area is 116 Å². The van der Waals surface area contributed by atoms with E-state index in [1.807, 2.05) is 6.92 Å². The molecule has 0 saturated heterocycles. The summed E-state index contributed by atoms with van der Waals surface area (Å²) < 4.78 is 14.8. The number of carbonyl (C=O) groups excluding carboxylic acids is 1. The topological polar surface area (TPSA) is 72.7 Å². The third kappa shape index (κ3) is 3.17. The molecule has 2 aromatic heterocycles. The van der Waals surface area contributed by atoms with Gasteiger partial charge in [0.2, 0.25) is 0 Å². The van der Waals surface area contributed by atoms with Crippen molar-refractivity contribution in [3.63, 3.8) is 0 Å². The molecule has 0 bridgehead atoms. The smallest absolute Gasteiger partial charge is 0.253 e. The van der Waals surface area contributed by atoms with Crippen LogP contribution >= 0.6 is 0 Å². The highest BCUT2D eigenvalue weighted by atomic mass is 19.1. The Hall–Kier alpha value is -2.31. The number of hydrogen-bond donors (Lipinski definition) is 1. The average molecular weight is 277 g/mol. The summed E-state index contributed by atoms with van der Waals surface area (Å²) in [6, 6.07) is 0.825. The van der Waals surface area contributed by atoms with Crippen molar-refractivity contribution < 1.29 is 9.18 Å². The standard InChI is InChI=1S/C13H16FN5O/c1-3-4-19-12(16-8-17-19)9(2)18-13(20)10-5-11(14)7-15-6-10/h5-9H,3-4H2,1-2H3,(H,18,20)/t9-/m0/s1. The molecule has 0 aromatic carbocycles. The molecule has 20 heavy (non-hydrogen) atoms. The number of amides is 1. The first-order valence-corrected chi connectivity index (χ1v) is 6.41. The van der Waals surface area contributed by atoms with Gasteiger partial charge in [-0.1, -0.05) is 6.92 Å². The number of halogens is 1. The lowest BCUT2D eigenvalue weighted by molar-refractivity contribution is 0.0936. The van der Waals surface area contributed by atoms with Gasteiger partial charge in [0.05, 0.1) is 17.8 Å². The molecular formula is C13H16FN5O. The van der Waals surface area contributed by atoms with Gasteiger partial charge in [-0.3, -0.25) is 9.78 Å². The monoisotopic (exact) mass is 277 g/mol. The van der Waals surface area contributed by atoms with E-state index in [9.17, 15) is 9.18 Å². The van der Waals surface area contributed by atoms with E-state index in [1.165, 1.54) is 12.5 Å². The van der Waals surface area contributed by atoms with E-state index in [0.29, 0.717) is 5.82 Å². The van der Waals surface area contributed by atoms with E-state index in [-0.39, 0.29) is 11.6 Å². The molecule has 0 aliphatic carbocycles. The molecule has 0 aliphatic rings. The molecular weight excluding hydrogens is 261 g/mol. The number of hydrogen-bond acceptors (Lipinski definition) is 4. The second kappa shape index (κ2) is 6.23. The number of nitrogens with one attached hydrogen (secondary N) is 1. The van der Waals surface area contributed by atoms with Crippen molar-refractivity contribution in [3.05, 3.63) is 42.0 Å². The normalized spacial score (nSPS) is 12.2. The summed E-state index contributed by atoms with van der Waals surface area (Å²) in [6.07, 6.45) is 4.75. The third-order valence-corrected chi connectivity index (χ3v) is 2.78. The lowest BCUT2D eigenvalue weighted by Gasteiger charge is -2.14.